The summed E-state index contributed by atoms with van der Waals surface area (Å²) in [7, 11) is 0. The molecule has 0 bridgehead atoms. The second-order valence-electron chi connectivity index (χ2n) is 6.56. The number of rotatable bonds is 9. The van der Waals surface area contributed by atoms with Crippen molar-refractivity contribution in [2.24, 2.45) is 0 Å². The van der Waals surface area contributed by atoms with E-state index < -0.39 is 12.5 Å². The number of amides is 1. The molecule has 0 aliphatic heterocycles. The Kier molecular flexibility index (Phi) is 6.61. The number of anilines is 1. The van der Waals surface area contributed by atoms with Crippen molar-refractivity contribution >= 4 is 29.0 Å². The number of fused-ring (bicyclic) bond motifs is 1. The van der Waals surface area contributed by atoms with Crippen LogP contribution in [0.25, 0.3) is 5.65 Å². The standard InChI is InChI=1S/C20H18F2N6O3S/c21-20(22)31-17-3-2-13(32-7-6-29)8-12(17)9-15-16(11-24-27-15)26-19(30)14-10-25-28-5-1-4-23-18(14)28/h1-5,8,10-11,20,29H,6-7,9H2,(H,24,27)(H,26,30). The van der Waals surface area contributed by atoms with Crippen molar-refractivity contribution in [2.45, 2.75) is 17.9 Å². The summed E-state index contributed by atoms with van der Waals surface area (Å²) in [6, 6.07) is 6.51. The van der Waals surface area contributed by atoms with Crippen LogP contribution in [0.1, 0.15) is 21.6 Å². The van der Waals surface area contributed by atoms with Crippen LogP contribution in [-0.4, -0.2) is 54.8 Å². The van der Waals surface area contributed by atoms with Gasteiger partial charge in [0.2, 0.25) is 0 Å². The van der Waals surface area contributed by atoms with E-state index in [1.807, 2.05) is 0 Å². The van der Waals surface area contributed by atoms with Crippen LogP contribution in [-0.2, 0) is 6.42 Å². The number of hydrogen-bond donors (Lipinski definition) is 3. The largest absolute Gasteiger partial charge is 0.435 e. The van der Waals surface area contributed by atoms with Crippen LogP contribution >= 0.6 is 11.8 Å². The third-order valence-corrected chi connectivity index (χ3v) is 5.44. The summed E-state index contributed by atoms with van der Waals surface area (Å²) in [5.41, 5.74) is 2.05. The number of H-pyrrole nitrogens is 1. The van der Waals surface area contributed by atoms with E-state index >= 15 is 0 Å². The van der Waals surface area contributed by atoms with Gasteiger partial charge in [-0.05, 0) is 24.3 Å². The van der Waals surface area contributed by atoms with Gasteiger partial charge in [-0.3, -0.25) is 9.89 Å². The Labute approximate surface area is 184 Å². The van der Waals surface area contributed by atoms with Crippen molar-refractivity contribution in [3.63, 3.8) is 0 Å². The van der Waals surface area contributed by atoms with Crippen LogP contribution in [0.3, 0.4) is 0 Å². The summed E-state index contributed by atoms with van der Waals surface area (Å²) in [4.78, 5) is 17.7. The Morgan fingerprint density at radius 1 is 1.34 bits per heavy atom. The molecule has 0 spiro atoms. The molecule has 9 nitrogen and oxygen atoms in total. The topological polar surface area (TPSA) is 117 Å². The van der Waals surface area contributed by atoms with E-state index in [-0.39, 0.29) is 24.3 Å². The molecule has 12 heteroatoms. The monoisotopic (exact) mass is 460 g/mol. The smallest absolute Gasteiger partial charge is 0.387 e. The number of halogens is 2. The molecule has 3 aromatic heterocycles. The molecule has 3 heterocycles. The minimum absolute atomic E-state index is 0.00950. The van der Waals surface area contributed by atoms with E-state index in [0.717, 1.165) is 4.90 Å². The Hall–Kier alpha value is -3.51. The maximum absolute atomic E-state index is 12.9. The fourth-order valence-electron chi connectivity index (χ4n) is 3.08. The molecule has 0 aliphatic rings. The van der Waals surface area contributed by atoms with Gasteiger partial charge in [-0.2, -0.15) is 19.0 Å². The third-order valence-electron chi connectivity index (χ3n) is 4.47. The van der Waals surface area contributed by atoms with E-state index in [1.165, 1.54) is 34.7 Å². The number of nitrogens with one attached hydrogen (secondary N) is 2. The van der Waals surface area contributed by atoms with Crippen molar-refractivity contribution in [3.8, 4) is 5.75 Å². The lowest BCUT2D eigenvalue weighted by molar-refractivity contribution is -0.0504. The van der Waals surface area contributed by atoms with Crippen LogP contribution in [0.5, 0.6) is 5.75 Å². The number of benzene rings is 1. The molecule has 0 atom stereocenters. The summed E-state index contributed by atoms with van der Waals surface area (Å²) in [6.45, 7) is -2.99. The molecular formula is C20H18F2N6O3S. The van der Waals surface area contributed by atoms with Gasteiger partial charge in [0.15, 0.2) is 5.65 Å². The first-order valence-electron chi connectivity index (χ1n) is 9.48. The number of nitrogens with zero attached hydrogens (tertiary/aromatic N) is 4. The first-order chi connectivity index (χ1) is 15.5. The molecule has 0 saturated heterocycles. The molecule has 0 fully saturated rings. The van der Waals surface area contributed by atoms with Gasteiger partial charge in [0.05, 0.1) is 30.4 Å². The highest BCUT2D eigenvalue weighted by Gasteiger charge is 2.18. The fourth-order valence-corrected chi connectivity index (χ4v) is 3.80. The van der Waals surface area contributed by atoms with Crippen molar-refractivity contribution in [1.82, 2.24) is 24.8 Å². The molecule has 0 unspecified atom stereocenters. The van der Waals surface area contributed by atoms with E-state index in [0.29, 0.717) is 28.3 Å². The molecular weight excluding hydrogens is 442 g/mol. The minimum atomic E-state index is -2.98. The second-order valence-corrected chi connectivity index (χ2v) is 7.73. The molecule has 1 amide bonds. The molecule has 0 aliphatic carbocycles. The predicted molar refractivity (Wildman–Crippen MR) is 113 cm³/mol. The van der Waals surface area contributed by atoms with Crippen LogP contribution in [0.4, 0.5) is 14.5 Å². The Morgan fingerprint density at radius 2 is 2.22 bits per heavy atom. The molecule has 0 saturated carbocycles. The lowest BCUT2D eigenvalue weighted by atomic mass is 10.1. The van der Waals surface area contributed by atoms with Crippen molar-refractivity contribution in [2.75, 3.05) is 17.7 Å². The maximum atomic E-state index is 12.9. The van der Waals surface area contributed by atoms with Gasteiger partial charge < -0.3 is 15.2 Å². The van der Waals surface area contributed by atoms with Crippen molar-refractivity contribution in [3.05, 3.63) is 65.9 Å². The van der Waals surface area contributed by atoms with Crippen molar-refractivity contribution in [1.29, 1.82) is 0 Å². The average Bonchev–Trinajstić information content (AvgIpc) is 3.40. The highest BCUT2D eigenvalue weighted by molar-refractivity contribution is 7.99. The average molecular weight is 460 g/mol. The normalized spacial score (nSPS) is 11.2. The summed E-state index contributed by atoms with van der Waals surface area (Å²) in [5, 5.41) is 22.7. The van der Waals surface area contributed by atoms with Gasteiger partial charge in [0.25, 0.3) is 5.91 Å². The highest BCUT2D eigenvalue weighted by atomic mass is 32.2. The molecule has 3 N–H and O–H groups in total. The Morgan fingerprint density at radius 3 is 3.03 bits per heavy atom. The summed E-state index contributed by atoms with van der Waals surface area (Å²) >= 11 is 1.38. The fraction of sp³-hybridized carbons (Fsp3) is 0.200. The summed E-state index contributed by atoms with van der Waals surface area (Å²) < 4.78 is 31.9. The molecule has 4 aromatic rings. The molecule has 32 heavy (non-hydrogen) atoms. The number of carbonyl (C=O) groups is 1. The first-order valence-corrected chi connectivity index (χ1v) is 10.5. The quantitative estimate of drug-likeness (QED) is 0.329. The zero-order chi connectivity index (χ0) is 22.5. The number of carbonyl (C=O) groups excluding carboxylic acids is 1. The van der Waals surface area contributed by atoms with Gasteiger partial charge in [-0.1, -0.05) is 0 Å². The lowest BCUT2D eigenvalue weighted by Crippen LogP contribution is -2.13. The first kappa shape index (κ1) is 21.7. The number of aliphatic hydroxyl groups is 1. The molecule has 166 valence electrons. The van der Waals surface area contributed by atoms with Gasteiger partial charge in [0, 0.05) is 35.0 Å². The van der Waals surface area contributed by atoms with Crippen molar-refractivity contribution < 1.29 is 23.4 Å². The van der Waals surface area contributed by atoms with Gasteiger partial charge in [-0.15, -0.1) is 11.8 Å². The van der Waals surface area contributed by atoms with E-state index in [4.69, 9.17) is 5.11 Å². The van der Waals surface area contributed by atoms with Crippen LogP contribution < -0.4 is 10.1 Å². The number of hydrogen-bond acceptors (Lipinski definition) is 7. The van der Waals surface area contributed by atoms with Gasteiger partial charge in [-0.25, -0.2) is 9.50 Å². The molecule has 1 aromatic carbocycles. The second kappa shape index (κ2) is 9.75. The number of aromatic amines is 1. The lowest BCUT2D eigenvalue weighted by Gasteiger charge is -2.13. The van der Waals surface area contributed by atoms with E-state index in [1.54, 1.807) is 30.6 Å². The van der Waals surface area contributed by atoms with E-state index in [9.17, 15) is 13.6 Å². The number of alkyl halides is 2. The van der Waals surface area contributed by atoms with E-state index in [2.05, 4.69) is 30.3 Å². The number of thioether (sulfide) groups is 1. The minimum Gasteiger partial charge on any atom is -0.435 e. The number of aromatic nitrogens is 5. The van der Waals surface area contributed by atoms with Crippen LogP contribution in [0, 0.1) is 0 Å². The van der Waals surface area contributed by atoms with Crippen LogP contribution in [0.2, 0.25) is 0 Å². The van der Waals surface area contributed by atoms with Gasteiger partial charge in [0.1, 0.15) is 11.3 Å². The number of aliphatic hydroxyl groups excluding tert-OH is 1. The maximum Gasteiger partial charge on any atom is 0.387 e. The zero-order valence-electron chi connectivity index (χ0n) is 16.5. The Balaban J connectivity index is 1.57. The van der Waals surface area contributed by atoms with Gasteiger partial charge >= 0.3 is 6.61 Å². The Bertz CT molecular complexity index is 1230. The molecule has 4 rings (SSSR count). The van der Waals surface area contributed by atoms with Crippen LogP contribution in [0.15, 0.2) is 53.9 Å². The number of ether oxygens (including phenoxy) is 1. The SMILES string of the molecule is O=C(Nc1cn[nH]c1Cc1cc(SCCO)ccc1OC(F)F)c1cnn2cccnc12. The molecule has 0 radical (unpaired) electrons. The highest BCUT2D eigenvalue weighted by Crippen LogP contribution is 2.30. The third kappa shape index (κ3) is 4.86. The zero-order valence-corrected chi connectivity index (χ0v) is 17.4. The summed E-state index contributed by atoms with van der Waals surface area (Å²) in [6.07, 6.45) is 6.23. The summed E-state index contributed by atoms with van der Waals surface area (Å²) in [5.74, 6) is 0.0535. The predicted octanol–water partition coefficient (Wildman–Crippen LogP) is 2.98.